The van der Waals surface area contributed by atoms with Crippen molar-refractivity contribution >= 4 is 28.6 Å². The Labute approximate surface area is 115 Å². The monoisotopic (exact) mass is 276 g/mol. The molecule has 0 aliphatic carbocycles. The van der Waals surface area contributed by atoms with Crippen molar-refractivity contribution in [3.63, 3.8) is 0 Å². The molecule has 6 nitrogen and oxygen atoms in total. The predicted octanol–water partition coefficient (Wildman–Crippen LogP) is 2.08. The molecule has 0 unspecified atom stereocenters. The van der Waals surface area contributed by atoms with Crippen LogP contribution in [-0.4, -0.2) is 38.8 Å². The fraction of sp³-hybridized carbons (Fsp3) is 0.250. The number of fused-ring (bicyclic) bond motifs is 1. The van der Waals surface area contributed by atoms with E-state index in [9.17, 15) is 0 Å². The lowest BCUT2D eigenvalue weighted by Crippen LogP contribution is -2.10. The Morgan fingerprint density at radius 2 is 2.05 bits per heavy atom. The Balaban J connectivity index is 2.14. The van der Waals surface area contributed by atoms with Crippen molar-refractivity contribution in [1.29, 1.82) is 0 Å². The zero-order valence-corrected chi connectivity index (χ0v) is 11.6. The quantitative estimate of drug-likeness (QED) is 0.778. The van der Waals surface area contributed by atoms with E-state index in [1.807, 2.05) is 38.2 Å². The number of nitrogens with one attached hydrogen (secondary N) is 1. The fourth-order valence-corrected chi connectivity index (χ4v) is 2.13. The van der Waals surface area contributed by atoms with Crippen molar-refractivity contribution in [2.45, 2.75) is 0 Å². The number of imidazole rings is 1. The molecule has 0 aromatic carbocycles. The second kappa shape index (κ2) is 4.24. The van der Waals surface area contributed by atoms with Crippen LogP contribution in [0.2, 0.25) is 5.02 Å². The van der Waals surface area contributed by atoms with Gasteiger partial charge in [-0.05, 0) is 12.1 Å². The largest absolute Gasteiger partial charge is 0.363 e. The molecule has 7 heteroatoms. The third-order valence-corrected chi connectivity index (χ3v) is 3.07. The number of pyridine rings is 1. The SMILES string of the molecule is CN(C)c1ccc2[nH]c(-c3nn(C)cc3Cl)nc2n1. The number of anilines is 1. The molecular weight excluding hydrogens is 264 g/mol. The zero-order valence-electron chi connectivity index (χ0n) is 10.8. The highest BCUT2D eigenvalue weighted by Crippen LogP contribution is 2.25. The smallest absolute Gasteiger partial charge is 0.180 e. The maximum Gasteiger partial charge on any atom is 0.180 e. The third-order valence-electron chi connectivity index (χ3n) is 2.80. The van der Waals surface area contributed by atoms with Crippen molar-refractivity contribution in [2.24, 2.45) is 7.05 Å². The number of aromatic nitrogens is 5. The first-order chi connectivity index (χ1) is 9.04. The van der Waals surface area contributed by atoms with Gasteiger partial charge in [0.2, 0.25) is 0 Å². The summed E-state index contributed by atoms with van der Waals surface area (Å²) in [5.74, 6) is 1.49. The summed E-state index contributed by atoms with van der Waals surface area (Å²) in [7, 11) is 5.70. The number of hydrogen-bond donors (Lipinski definition) is 1. The standard InChI is InChI=1S/C12H13ClN6/c1-18(2)9-5-4-8-11(15-9)16-12(14-8)10-7(13)6-19(3)17-10/h4-6H,1-3H3,(H,14,15,16). The minimum Gasteiger partial charge on any atom is -0.363 e. The van der Waals surface area contributed by atoms with Crippen LogP contribution in [0.5, 0.6) is 0 Å². The summed E-state index contributed by atoms with van der Waals surface area (Å²) >= 11 is 6.12. The first kappa shape index (κ1) is 12.0. The summed E-state index contributed by atoms with van der Waals surface area (Å²) in [5, 5.41) is 4.85. The van der Waals surface area contributed by atoms with Gasteiger partial charge in [0.05, 0.1) is 10.5 Å². The van der Waals surface area contributed by atoms with Crippen molar-refractivity contribution in [3.05, 3.63) is 23.4 Å². The van der Waals surface area contributed by atoms with Crippen LogP contribution in [0.4, 0.5) is 5.82 Å². The van der Waals surface area contributed by atoms with Crippen LogP contribution in [0.15, 0.2) is 18.3 Å². The molecule has 0 saturated carbocycles. The van der Waals surface area contributed by atoms with Crippen molar-refractivity contribution < 1.29 is 0 Å². The maximum absolute atomic E-state index is 6.12. The highest BCUT2D eigenvalue weighted by atomic mass is 35.5. The van der Waals surface area contributed by atoms with Gasteiger partial charge in [-0.1, -0.05) is 11.6 Å². The minimum atomic E-state index is 0.564. The Morgan fingerprint density at radius 3 is 2.68 bits per heavy atom. The molecule has 1 N–H and O–H groups in total. The molecule has 0 aliphatic heterocycles. The first-order valence-corrected chi connectivity index (χ1v) is 6.16. The van der Waals surface area contributed by atoms with E-state index in [1.165, 1.54) is 0 Å². The zero-order chi connectivity index (χ0) is 13.6. The van der Waals surface area contributed by atoms with Crippen LogP contribution in [-0.2, 0) is 7.05 Å². The molecule has 98 valence electrons. The van der Waals surface area contributed by atoms with Gasteiger partial charge in [-0.2, -0.15) is 5.10 Å². The molecule has 3 aromatic rings. The second-order valence-electron chi connectivity index (χ2n) is 4.52. The second-order valence-corrected chi connectivity index (χ2v) is 4.93. The number of aromatic amines is 1. The highest BCUT2D eigenvalue weighted by Gasteiger charge is 2.13. The number of aryl methyl sites for hydroxylation is 1. The lowest BCUT2D eigenvalue weighted by molar-refractivity contribution is 0.769. The summed E-state index contributed by atoms with van der Waals surface area (Å²) in [6.45, 7) is 0. The lowest BCUT2D eigenvalue weighted by atomic mass is 10.4. The van der Waals surface area contributed by atoms with Crippen molar-refractivity contribution in [3.8, 4) is 11.5 Å². The molecule has 3 rings (SSSR count). The van der Waals surface area contributed by atoms with E-state index in [0.29, 0.717) is 22.2 Å². The van der Waals surface area contributed by atoms with Crippen LogP contribution >= 0.6 is 11.6 Å². The van der Waals surface area contributed by atoms with E-state index < -0.39 is 0 Å². The van der Waals surface area contributed by atoms with Gasteiger partial charge in [-0.25, -0.2) is 9.97 Å². The summed E-state index contributed by atoms with van der Waals surface area (Å²) in [6, 6.07) is 3.88. The number of H-pyrrole nitrogens is 1. The van der Waals surface area contributed by atoms with E-state index in [1.54, 1.807) is 10.9 Å². The number of hydrogen-bond acceptors (Lipinski definition) is 4. The van der Waals surface area contributed by atoms with E-state index in [4.69, 9.17) is 11.6 Å². The van der Waals surface area contributed by atoms with Gasteiger partial charge in [-0.15, -0.1) is 0 Å². The molecule has 19 heavy (non-hydrogen) atoms. The Hall–Kier alpha value is -2.08. The van der Waals surface area contributed by atoms with Gasteiger partial charge in [0, 0.05) is 27.3 Å². The molecular formula is C12H13ClN6. The first-order valence-electron chi connectivity index (χ1n) is 5.78. The van der Waals surface area contributed by atoms with E-state index >= 15 is 0 Å². The minimum absolute atomic E-state index is 0.564. The molecule has 0 saturated heterocycles. The van der Waals surface area contributed by atoms with E-state index in [0.717, 1.165) is 11.3 Å². The normalized spacial score (nSPS) is 11.2. The van der Waals surface area contributed by atoms with Crippen molar-refractivity contribution in [1.82, 2.24) is 24.7 Å². The molecule has 3 aromatic heterocycles. The Kier molecular flexibility index (Phi) is 2.67. The lowest BCUT2D eigenvalue weighted by Gasteiger charge is -2.09. The van der Waals surface area contributed by atoms with Crippen LogP contribution in [0.3, 0.4) is 0 Å². The average molecular weight is 277 g/mol. The van der Waals surface area contributed by atoms with Gasteiger partial charge in [-0.3, -0.25) is 4.68 Å². The maximum atomic E-state index is 6.12. The van der Waals surface area contributed by atoms with Gasteiger partial charge in [0.1, 0.15) is 11.5 Å². The van der Waals surface area contributed by atoms with Crippen LogP contribution in [0.25, 0.3) is 22.7 Å². The molecule has 0 radical (unpaired) electrons. The molecule has 0 spiro atoms. The summed E-state index contributed by atoms with van der Waals surface area (Å²) in [6.07, 6.45) is 1.74. The Bertz CT molecular complexity index is 742. The molecule has 0 atom stereocenters. The molecule has 0 bridgehead atoms. The molecule has 0 amide bonds. The third kappa shape index (κ3) is 2.04. The number of rotatable bonds is 2. The summed E-state index contributed by atoms with van der Waals surface area (Å²) < 4.78 is 1.66. The summed E-state index contributed by atoms with van der Waals surface area (Å²) in [5.41, 5.74) is 2.15. The van der Waals surface area contributed by atoms with Crippen LogP contribution in [0.1, 0.15) is 0 Å². The van der Waals surface area contributed by atoms with Crippen molar-refractivity contribution in [2.75, 3.05) is 19.0 Å². The molecule has 0 fully saturated rings. The van der Waals surface area contributed by atoms with E-state index in [-0.39, 0.29) is 0 Å². The number of halogens is 1. The Morgan fingerprint density at radius 1 is 1.26 bits per heavy atom. The summed E-state index contributed by atoms with van der Waals surface area (Å²) in [4.78, 5) is 14.0. The molecule has 0 aliphatic rings. The van der Waals surface area contributed by atoms with Gasteiger partial charge >= 0.3 is 0 Å². The topological polar surface area (TPSA) is 62.6 Å². The van der Waals surface area contributed by atoms with Crippen LogP contribution in [0, 0.1) is 0 Å². The fourth-order valence-electron chi connectivity index (χ4n) is 1.86. The average Bonchev–Trinajstić information content (AvgIpc) is 2.90. The highest BCUT2D eigenvalue weighted by molar-refractivity contribution is 6.32. The van der Waals surface area contributed by atoms with Gasteiger partial charge in [0.15, 0.2) is 11.5 Å². The predicted molar refractivity (Wildman–Crippen MR) is 75.4 cm³/mol. The van der Waals surface area contributed by atoms with Gasteiger partial charge < -0.3 is 9.88 Å². The van der Waals surface area contributed by atoms with Crippen LogP contribution < -0.4 is 4.90 Å². The number of nitrogens with zero attached hydrogens (tertiary/aromatic N) is 5. The van der Waals surface area contributed by atoms with Gasteiger partial charge in [0.25, 0.3) is 0 Å². The van der Waals surface area contributed by atoms with E-state index in [2.05, 4.69) is 20.1 Å². The molecule has 3 heterocycles.